The maximum atomic E-state index is 10.9. The molecule has 1 heterocycles. The quantitative estimate of drug-likeness (QED) is 0.868. The van der Waals surface area contributed by atoms with Crippen LogP contribution < -0.4 is 4.90 Å². The van der Waals surface area contributed by atoms with E-state index in [1.54, 1.807) is 12.1 Å². The minimum absolute atomic E-state index is 0.167. The number of rotatable bonds is 2. The van der Waals surface area contributed by atoms with Crippen molar-refractivity contribution in [3.8, 4) is 6.07 Å². The van der Waals surface area contributed by atoms with Crippen molar-refractivity contribution in [3.05, 3.63) is 29.3 Å². The van der Waals surface area contributed by atoms with Gasteiger partial charge in [0.2, 0.25) is 0 Å². The van der Waals surface area contributed by atoms with Gasteiger partial charge in [-0.3, -0.25) is 0 Å². The fourth-order valence-electron chi connectivity index (χ4n) is 2.44. The zero-order chi connectivity index (χ0) is 13.1. The Bertz CT molecular complexity index is 505. The van der Waals surface area contributed by atoms with E-state index in [1.807, 2.05) is 0 Å². The molecule has 0 saturated carbocycles. The first-order valence-corrected chi connectivity index (χ1v) is 6.14. The monoisotopic (exact) mass is 244 g/mol. The molecule has 1 fully saturated rings. The molecule has 4 nitrogen and oxygen atoms in total. The molecule has 18 heavy (non-hydrogen) atoms. The van der Waals surface area contributed by atoms with Crippen LogP contribution in [-0.2, 0) is 0 Å². The van der Waals surface area contributed by atoms with Crippen LogP contribution in [0.25, 0.3) is 0 Å². The second-order valence-electron chi connectivity index (χ2n) is 4.84. The predicted octanol–water partition coefficient (Wildman–Crippen LogP) is 2.49. The molecule has 94 valence electrons. The van der Waals surface area contributed by atoms with Crippen LogP contribution in [0.4, 0.5) is 5.69 Å². The lowest BCUT2D eigenvalue weighted by molar-refractivity contribution is 0.0697. The molecule has 0 spiro atoms. The molecule has 0 amide bonds. The van der Waals surface area contributed by atoms with Gasteiger partial charge in [-0.05, 0) is 37.0 Å². The van der Waals surface area contributed by atoms with Crippen molar-refractivity contribution < 1.29 is 9.90 Å². The van der Waals surface area contributed by atoms with Crippen LogP contribution >= 0.6 is 0 Å². The third-order valence-corrected chi connectivity index (χ3v) is 3.36. The van der Waals surface area contributed by atoms with E-state index in [0.717, 1.165) is 25.2 Å². The van der Waals surface area contributed by atoms with E-state index in [9.17, 15) is 4.79 Å². The van der Waals surface area contributed by atoms with Crippen molar-refractivity contribution >= 4 is 11.7 Å². The van der Waals surface area contributed by atoms with Gasteiger partial charge in [-0.2, -0.15) is 5.26 Å². The number of carboxylic acids is 1. The molecule has 1 aromatic rings. The molecular weight excluding hydrogens is 228 g/mol. The number of nitriles is 1. The molecule has 1 aliphatic rings. The number of anilines is 1. The van der Waals surface area contributed by atoms with Gasteiger partial charge in [0.1, 0.15) is 6.07 Å². The molecule has 4 heteroatoms. The van der Waals surface area contributed by atoms with Crippen molar-refractivity contribution in [1.82, 2.24) is 0 Å². The van der Waals surface area contributed by atoms with Gasteiger partial charge in [-0.15, -0.1) is 0 Å². The van der Waals surface area contributed by atoms with Crippen molar-refractivity contribution in [2.45, 2.75) is 19.8 Å². The van der Waals surface area contributed by atoms with Crippen LogP contribution in [-0.4, -0.2) is 24.2 Å². The van der Waals surface area contributed by atoms with Crippen molar-refractivity contribution in [1.29, 1.82) is 5.26 Å². The van der Waals surface area contributed by atoms with E-state index in [1.165, 1.54) is 12.5 Å². The summed E-state index contributed by atoms with van der Waals surface area (Å²) in [7, 11) is 0. The second kappa shape index (κ2) is 5.09. The smallest absolute Gasteiger partial charge is 0.335 e. The van der Waals surface area contributed by atoms with Gasteiger partial charge >= 0.3 is 5.97 Å². The van der Waals surface area contributed by atoms with Crippen molar-refractivity contribution in [2.75, 3.05) is 18.0 Å². The number of carbonyl (C=O) groups is 1. The van der Waals surface area contributed by atoms with E-state index in [-0.39, 0.29) is 5.56 Å². The highest BCUT2D eigenvalue weighted by Gasteiger charge is 2.19. The molecule has 0 bridgehead atoms. The van der Waals surface area contributed by atoms with Crippen LogP contribution in [0.2, 0.25) is 0 Å². The largest absolute Gasteiger partial charge is 0.478 e. The summed E-state index contributed by atoms with van der Waals surface area (Å²) in [6.45, 7) is 4.07. The summed E-state index contributed by atoms with van der Waals surface area (Å²) in [5, 5.41) is 18.1. The number of benzene rings is 1. The van der Waals surface area contributed by atoms with Crippen LogP contribution in [0, 0.1) is 17.2 Å². The lowest BCUT2D eigenvalue weighted by Gasteiger charge is -2.33. The Hall–Kier alpha value is -2.02. The molecule has 1 saturated heterocycles. The van der Waals surface area contributed by atoms with Gasteiger partial charge in [-0.25, -0.2) is 4.79 Å². The Balaban J connectivity index is 2.33. The zero-order valence-electron chi connectivity index (χ0n) is 10.4. The molecule has 0 aromatic heterocycles. The fraction of sp³-hybridized carbons (Fsp3) is 0.429. The highest BCUT2D eigenvalue weighted by molar-refractivity contribution is 5.89. The highest BCUT2D eigenvalue weighted by atomic mass is 16.4. The molecule has 1 N–H and O–H groups in total. The lowest BCUT2D eigenvalue weighted by atomic mass is 9.98. The Labute approximate surface area is 106 Å². The molecule has 1 unspecified atom stereocenters. The number of hydrogen-bond acceptors (Lipinski definition) is 3. The van der Waals surface area contributed by atoms with Gasteiger partial charge in [-0.1, -0.05) is 6.92 Å². The van der Waals surface area contributed by atoms with Crippen molar-refractivity contribution in [2.24, 2.45) is 5.92 Å². The maximum absolute atomic E-state index is 10.9. The average Bonchev–Trinajstić information content (AvgIpc) is 2.37. The number of piperidine rings is 1. The van der Waals surface area contributed by atoms with Crippen molar-refractivity contribution in [3.63, 3.8) is 0 Å². The Morgan fingerprint density at radius 2 is 2.33 bits per heavy atom. The first-order valence-electron chi connectivity index (χ1n) is 6.14. The summed E-state index contributed by atoms with van der Waals surface area (Å²) < 4.78 is 0. The number of nitrogens with zero attached hydrogens (tertiary/aromatic N) is 2. The van der Waals surface area contributed by atoms with E-state index in [2.05, 4.69) is 17.9 Å². The molecule has 2 rings (SSSR count). The van der Waals surface area contributed by atoms with Crippen LogP contribution in [0.15, 0.2) is 18.2 Å². The predicted molar refractivity (Wildman–Crippen MR) is 68.7 cm³/mol. The van der Waals surface area contributed by atoms with E-state index < -0.39 is 5.97 Å². The number of hydrogen-bond donors (Lipinski definition) is 1. The van der Waals surface area contributed by atoms with Gasteiger partial charge in [0.15, 0.2) is 0 Å². The Morgan fingerprint density at radius 3 is 2.94 bits per heavy atom. The van der Waals surface area contributed by atoms with E-state index in [4.69, 9.17) is 10.4 Å². The topological polar surface area (TPSA) is 64.3 Å². The first kappa shape index (κ1) is 12.4. The van der Waals surface area contributed by atoms with Crippen LogP contribution in [0.1, 0.15) is 35.7 Å². The third-order valence-electron chi connectivity index (χ3n) is 3.36. The zero-order valence-corrected chi connectivity index (χ0v) is 10.4. The molecule has 0 aliphatic carbocycles. The minimum atomic E-state index is -0.995. The highest BCUT2D eigenvalue weighted by Crippen LogP contribution is 2.26. The first-order chi connectivity index (χ1) is 8.61. The summed E-state index contributed by atoms with van der Waals surface area (Å²) in [6.07, 6.45) is 2.33. The number of carboxylic acid groups (broad SMARTS) is 1. The summed E-state index contributed by atoms with van der Waals surface area (Å²) in [6, 6.07) is 6.87. The standard InChI is InChI=1S/C14H16N2O2/c1-10-3-2-6-16(9-10)13-5-4-11(14(17)18)7-12(13)8-15/h4-5,7,10H,2-3,6,9H2,1H3,(H,17,18). The van der Waals surface area contributed by atoms with Crippen LogP contribution in [0.3, 0.4) is 0 Å². The fourth-order valence-corrected chi connectivity index (χ4v) is 2.44. The summed E-state index contributed by atoms with van der Waals surface area (Å²) in [5.74, 6) is -0.380. The van der Waals surface area contributed by atoms with Gasteiger partial charge in [0.25, 0.3) is 0 Å². The van der Waals surface area contributed by atoms with Gasteiger partial charge in [0.05, 0.1) is 16.8 Å². The number of aromatic carboxylic acids is 1. The third kappa shape index (κ3) is 2.45. The maximum Gasteiger partial charge on any atom is 0.335 e. The second-order valence-corrected chi connectivity index (χ2v) is 4.84. The Morgan fingerprint density at radius 1 is 1.56 bits per heavy atom. The average molecular weight is 244 g/mol. The van der Waals surface area contributed by atoms with Crippen LogP contribution in [0.5, 0.6) is 0 Å². The SMILES string of the molecule is CC1CCCN(c2ccc(C(=O)O)cc2C#N)C1. The summed E-state index contributed by atoms with van der Waals surface area (Å²) in [4.78, 5) is 13.1. The Kier molecular flexibility index (Phi) is 3.52. The molecule has 0 radical (unpaired) electrons. The molecule has 1 atom stereocenters. The van der Waals surface area contributed by atoms with E-state index in [0.29, 0.717) is 11.5 Å². The summed E-state index contributed by atoms with van der Waals surface area (Å²) >= 11 is 0. The normalized spacial score (nSPS) is 19.3. The lowest BCUT2D eigenvalue weighted by Crippen LogP contribution is -2.34. The van der Waals surface area contributed by atoms with Gasteiger partial charge < -0.3 is 10.0 Å². The molecule has 1 aliphatic heterocycles. The molecule has 1 aromatic carbocycles. The minimum Gasteiger partial charge on any atom is -0.478 e. The van der Waals surface area contributed by atoms with E-state index >= 15 is 0 Å². The van der Waals surface area contributed by atoms with Gasteiger partial charge in [0, 0.05) is 13.1 Å². The molecular formula is C14H16N2O2. The summed E-state index contributed by atoms with van der Waals surface area (Å²) in [5.41, 5.74) is 1.47.